The van der Waals surface area contributed by atoms with E-state index in [0.717, 1.165) is 6.42 Å². The first kappa shape index (κ1) is 11.9. The molecule has 0 N–H and O–H groups in total. The number of rotatable bonds is 4. The van der Waals surface area contributed by atoms with Gasteiger partial charge in [0.15, 0.2) is 0 Å². The van der Waals surface area contributed by atoms with Crippen molar-refractivity contribution in [2.45, 2.75) is 19.9 Å². The molecular weight excluding hydrogens is 284 g/mol. The predicted molar refractivity (Wildman–Crippen MR) is 65.7 cm³/mol. The van der Waals surface area contributed by atoms with Crippen LogP contribution < -0.4 is 0 Å². The van der Waals surface area contributed by atoms with Gasteiger partial charge in [-0.3, -0.25) is 9.48 Å². The van der Waals surface area contributed by atoms with Crippen molar-refractivity contribution in [3.63, 3.8) is 0 Å². The van der Waals surface area contributed by atoms with Gasteiger partial charge < -0.3 is 0 Å². The number of nitrogens with zero attached hydrogens (tertiary/aromatic N) is 4. The van der Waals surface area contributed by atoms with E-state index >= 15 is 0 Å². The average Bonchev–Trinajstić information content (AvgIpc) is 2.71. The van der Waals surface area contributed by atoms with Crippen molar-refractivity contribution in [2.75, 3.05) is 0 Å². The van der Waals surface area contributed by atoms with Gasteiger partial charge in [0.1, 0.15) is 12.0 Å². The van der Waals surface area contributed by atoms with Crippen LogP contribution in [0.15, 0.2) is 29.4 Å². The van der Waals surface area contributed by atoms with Crippen LogP contribution in [0.2, 0.25) is 0 Å². The summed E-state index contributed by atoms with van der Waals surface area (Å²) in [5.41, 5.74) is 1.01. The van der Waals surface area contributed by atoms with Crippen molar-refractivity contribution in [2.24, 2.45) is 0 Å². The lowest BCUT2D eigenvalue weighted by atomic mass is 10.1. The van der Waals surface area contributed by atoms with Crippen molar-refractivity contribution in [3.05, 3.63) is 40.6 Å². The second-order valence-corrected chi connectivity index (χ2v) is 4.37. The van der Waals surface area contributed by atoms with Crippen molar-refractivity contribution in [1.82, 2.24) is 19.7 Å². The van der Waals surface area contributed by atoms with Gasteiger partial charge in [-0.15, -0.1) is 0 Å². The van der Waals surface area contributed by atoms with Crippen LogP contribution in [0.4, 0.5) is 0 Å². The van der Waals surface area contributed by atoms with Gasteiger partial charge in [-0.05, 0) is 22.4 Å². The van der Waals surface area contributed by atoms with Crippen LogP contribution in [0.5, 0.6) is 0 Å². The van der Waals surface area contributed by atoms with Crippen LogP contribution in [0.3, 0.4) is 0 Å². The highest BCUT2D eigenvalue weighted by molar-refractivity contribution is 9.10. The fourth-order valence-corrected chi connectivity index (χ4v) is 2.00. The molecule has 0 amide bonds. The maximum atomic E-state index is 12.3. The average molecular weight is 295 g/mol. The van der Waals surface area contributed by atoms with Crippen molar-refractivity contribution in [3.8, 4) is 0 Å². The Hall–Kier alpha value is -1.56. The van der Waals surface area contributed by atoms with E-state index in [4.69, 9.17) is 0 Å². The lowest BCUT2D eigenvalue weighted by Gasteiger charge is -2.05. The monoisotopic (exact) mass is 294 g/mol. The normalized spacial score (nSPS) is 10.5. The molecule has 6 heteroatoms. The lowest BCUT2D eigenvalue weighted by Crippen LogP contribution is -2.12. The first-order valence-electron chi connectivity index (χ1n) is 5.25. The Morgan fingerprint density at radius 2 is 2.06 bits per heavy atom. The van der Waals surface area contributed by atoms with Crippen LogP contribution in [0.1, 0.15) is 29.4 Å². The number of carbonyl (C=O) groups excluding carboxylic acids is 1. The van der Waals surface area contributed by atoms with Crippen LogP contribution in [0, 0.1) is 0 Å². The number of ketones is 1. The summed E-state index contributed by atoms with van der Waals surface area (Å²) in [4.78, 5) is 19.9. The number of hydrogen-bond donors (Lipinski definition) is 0. The van der Waals surface area contributed by atoms with E-state index in [-0.39, 0.29) is 5.78 Å². The Kier molecular flexibility index (Phi) is 3.63. The SMILES string of the molecule is CCCn1ncc(Br)c1C(=O)c1cncnc1. The summed E-state index contributed by atoms with van der Waals surface area (Å²) in [6, 6.07) is 0. The summed E-state index contributed by atoms with van der Waals surface area (Å²) in [6.07, 6.45) is 6.96. The van der Waals surface area contributed by atoms with Gasteiger partial charge in [-0.2, -0.15) is 5.10 Å². The van der Waals surface area contributed by atoms with Crippen molar-refractivity contribution in [1.29, 1.82) is 0 Å². The van der Waals surface area contributed by atoms with Crippen LogP contribution >= 0.6 is 15.9 Å². The van der Waals surface area contributed by atoms with Gasteiger partial charge in [0, 0.05) is 18.9 Å². The Labute approximate surface area is 107 Å². The zero-order valence-corrected chi connectivity index (χ0v) is 10.9. The first-order chi connectivity index (χ1) is 8.24. The molecule has 0 aromatic carbocycles. The minimum absolute atomic E-state index is 0.122. The van der Waals surface area contributed by atoms with E-state index in [0.29, 0.717) is 22.3 Å². The molecule has 88 valence electrons. The minimum atomic E-state index is -0.122. The molecule has 0 atom stereocenters. The molecule has 5 nitrogen and oxygen atoms in total. The van der Waals surface area contributed by atoms with Crippen LogP contribution in [0.25, 0.3) is 0 Å². The first-order valence-corrected chi connectivity index (χ1v) is 6.04. The van der Waals surface area contributed by atoms with Crippen molar-refractivity contribution < 1.29 is 4.79 Å². The molecule has 0 radical (unpaired) electrons. The van der Waals surface area contributed by atoms with Crippen molar-refractivity contribution >= 4 is 21.7 Å². The molecule has 0 aliphatic rings. The molecule has 0 spiro atoms. The zero-order chi connectivity index (χ0) is 12.3. The Morgan fingerprint density at radius 1 is 1.35 bits per heavy atom. The molecule has 0 aliphatic carbocycles. The molecule has 2 heterocycles. The second kappa shape index (κ2) is 5.18. The number of aromatic nitrogens is 4. The van der Waals surface area contributed by atoms with E-state index in [1.807, 2.05) is 6.92 Å². The topological polar surface area (TPSA) is 60.7 Å². The Bertz CT molecular complexity index is 524. The van der Waals surface area contributed by atoms with E-state index in [1.165, 1.54) is 18.7 Å². The molecule has 2 aromatic rings. The van der Waals surface area contributed by atoms with Gasteiger partial charge >= 0.3 is 0 Å². The molecule has 0 saturated carbocycles. The summed E-state index contributed by atoms with van der Waals surface area (Å²) in [6.45, 7) is 2.75. The third kappa shape index (κ3) is 2.41. The molecule has 0 bridgehead atoms. The van der Waals surface area contributed by atoms with E-state index in [9.17, 15) is 4.79 Å². The summed E-state index contributed by atoms with van der Waals surface area (Å²) < 4.78 is 2.39. The van der Waals surface area contributed by atoms with Crippen LogP contribution in [-0.4, -0.2) is 25.5 Å². The highest BCUT2D eigenvalue weighted by atomic mass is 79.9. The quantitative estimate of drug-likeness (QED) is 0.810. The number of aryl methyl sites for hydroxylation is 1. The zero-order valence-electron chi connectivity index (χ0n) is 9.30. The second-order valence-electron chi connectivity index (χ2n) is 3.52. The van der Waals surface area contributed by atoms with Gasteiger partial charge in [0.05, 0.1) is 16.2 Å². The van der Waals surface area contributed by atoms with E-state index in [2.05, 4.69) is 31.0 Å². The largest absolute Gasteiger partial charge is 0.287 e. The molecule has 0 unspecified atom stereocenters. The number of carbonyl (C=O) groups is 1. The fraction of sp³-hybridized carbons (Fsp3) is 0.273. The van der Waals surface area contributed by atoms with E-state index < -0.39 is 0 Å². The standard InChI is InChI=1S/C11H11BrN4O/c1-2-3-16-10(9(12)6-15-16)11(17)8-4-13-7-14-5-8/h4-7H,2-3H2,1H3. The molecule has 2 aromatic heterocycles. The molecule has 2 rings (SSSR count). The maximum absolute atomic E-state index is 12.3. The van der Waals surface area contributed by atoms with Gasteiger partial charge in [0.25, 0.3) is 0 Å². The Morgan fingerprint density at radius 3 is 2.71 bits per heavy atom. The number of halogens is 1. The summed E-state index contributed by atoms with van der Waals surface area (Å²) in [5, 5.41) is 4.16. The molecule has 17 heavy (non-hydrogen) atoms. The third-order valence-corrected chi connectivity index (χ3v) is 2.85. The molecule has 0 fully saturated rings. The van der Waals surface area contributed by atoms with Gasteiger partial charge in [0.2, 0.25) is 5.78 Å². The third-order valence-electron chi connectivity index (χ3n) is 2.27. The molecule has 0 aliphatic heterocycles. The van der Waals surface area contributed by atoms with Gasteiger partial charge in [-0.1, -0.05) is 6.92 Å². The maximum Gasteiger partial charge on any atom is 0.215 e. The minimum Gasteiger partial charge on any atom is -0.287 e. The smallest absolute Gasteiger partial charge is 0.215 e. The lowest BCUT2D eigenvalue weighted by molar-refractivity contribution is 0.102. The number of hydrogen-bond acceptors (Lipinski definition) is 4. The summed E-state index contributed by atoms with van der Waals surface area (Å²) in [5.74, 6) is -0.122. The summed E-state index contributed by atoms with van der Waals surface area (Å²) in [7, 11) is 0. The predicted octanol–water partition coefficient (Wildman–Crippen LogP) is 2.08. The highest BCUT2D eigenvalue weighted by Crippen LogP contribution is 2.19. The molecule has 0 saturated heterocycles. The highest BCUT2D eigenvalue weighted by Gasteiger charge is 2.18. The summed E-state index contributed by atoms with van der Waals surface area (Å²) >= 11 is 3.34. The Balaban J connectivity index is 2.40. The van der Waals surface area contributed by atoms with Gasteiger partial charge in [-0.25, -0.2) is 9.97 Å². The fourth-order valence-electron chi connectivity index (χ4n) is 1.52. The molecular formula is C11H11BrN4O. The van der Waals surface area contributed by atoms with E-state index in [1.54, 1.807) is 10.9 Å². The van der Waals surface area contributed by atoms with Crippen LogP contribution in [-0.2, 0) is 6.54 Å².